The third-order valence-corrected chi connectivity index (χ3v) is 4.94. The number of aromatic amines is 1. The fourth-order valence-electron chi connectivity index (χ4n) is 3.60. The smallest absolute Gasteiger partial charge is 0.220 e. The van der Waals surface area contributed by atoms with Crippen molar-refractivity contribution in [3.05, 3.63) is 64.3 Å². The minimum absolute atomic E-state index is 0.0374. The first-order chi connectivity index (χ1) is 11.5. The highest BCUT2D eigenvalue weighted by molar-refractivity contribution is 6.31. The van der Waals surface area contributed by atoms with E-state index in [-0.39, 0.29) is 17.7 Å². The molecule has 0 fully saturated rings. The van der Waals surface area contributed by atoms with Gasteiger partial charge in [-0.2, -0.15) is 0 Å². The zero-order chi connectivity index (χ0) is 16.8. The molecule has 122 valence electrons. The molecule has 0 saturated carbocycles. The van der Waals surface area contributed by atoms with Crippen LogP contribution in [-0.2, 0) is 11.2 Å². The Kier molecular flexibility index (Phi) is 3.50. The lowest BCUT2D eigenvalue weighted by atomic mass is 9.92. The Morgan fingerprint density at radius 2 is 2.00 bits per heavy atom. The molecule has 0 aliphatic carbocycles. The van der Waals surface area contributed by atoms with Gasteiger partial charge in [-0.1, -0.05) is 23.7 Å². The molecule has 24 heavy (non-hydrogen) atoms. The van der Waals surface area contributed by atoms with Gasteiger partial charge in [0, 0.05) is 35.1 Å². The van der Waals surface area contributed by atoms with Gasteiger partial charge >= 0.3 is 0 Å². The molecule has 3 aromatic rings. The number of H-pyrrole nitrogens is 1. The van der Waals surface area contributed by atoms with Gasteiger partial charge in [0.1, 0.15) is 5.75 Å². The van der Waals surface area contributed by atoms with Gasteiger partial charge in [-0.25, -0.2) is 0 Å². The Morgan fingerprint density at radius 1 is 1.25 bits per heavy atom. The topological polar surface area (TPSA) is 56.3 Å². The fraction of sp³-hybridized carbons (Fsp3) is 0.211. The van der Waals surface area contributed by atoms with E-state index in [0.717, 1.165) is 28.6 Å². The zero-order valence-corrected chi connectivity index (χ0v) is 14.0. The summed E-state index contributed by atoms with van der Waals surface area (Å²) in [7, 11) is 0. The molecular formula is C19H17ClN2O2. The van der Waals surface area contributed by atoms with Gasteiger partial charge in [-0.3, -0.25) is 4.79 Å². The Bertz CT molecular complexity index is 930. The van der Waals surface area contributed by atoms with E-state index < -0.39 is 0 Å². The number of aromatic nitrogens is 1. The highest BCUT2D eigenvalue weighted by Gasteiger charge is 2.33. The summed E-state index contributed by atoms with van der Waals surface area (Å²) >= 11 is 6.16. The van der Waals surface area contributed by atoms with Crippen LogP contribution in [0.2, 0.25) is 5.02 Å². The summed E-state index contributed by atoms with van der Waals surface area (Å²) in [4.78, 5) is 17.5. The van der Waals surface area contributed by atoms with Crippen LogP contribution >= 0.6 is 11.6 Å². The number of carbonyl (C=O) groups is 1. The van der Waals surface area contributed by atoms with Gasteiger partial charge in [-0.05, 0) is 47.9 Å². The number of hydrogen-bond donors (Lipinski definition) is 2. The lowest BCUT2D eigenvalue weighted by Crippen LogP contribution is -2.39. The molecule has 5 heteroatoms. The number of carbonyl (C=O) groups excluding carboxylic acids is 1. The molecular weight excluding hydrogens is 324 g/mol. The molecule has 2 aromatic carbocycles. The summed E-state index contributed by atoms with van der Waals surface area (Å²) in [5.41, 5.74) is 4.24. The normalized spacial score (nSPS) is 17.1. The third kappa shape index (κ3) is 2.34. The first-order valence-corrected chi connectivity index (χ1v) is 8.28. The number of nitrogens with zero attached hydrogens (tertiary/aromatic N) is 1. The van der Waals surface area contributed by atoms with Crippen molar-refractivity contribution in [2.45, 2.75) is 19.4 Å². The molecule has 2 N–H and O–H groups in total. The predicted molar refractivity (Wildman–Crippen MR) is 94.3 cm³/mol. The van der Waals surface area contributed by atoms with Crippen LogP contribution in [0.1, 0.15) is 29.8 Å². The molecule has 4 nitrogen and oxygen atoms in total. The van der Waals surface area contributed by atoms with Crippen LogP contribution in [0.3, 0.4) is 0 Å². The number of rotatable bonds is 1. The van der Waals surface area contributed by atoms with Crippen molar-refractivity contribution in [1.82, 2.24) is 9.88 Å². The molecule has 1 unspecified atom stereocenters. The van der Waals surface area contributed by atoms with Gasteiger partial charge in [0.05, 0.1) is 6.04 Å². The summed E-state index contributed by atoms with van der Waals surface area (Å²) in [6, 6.07) is 12.7. The largest absolute Gasteiger partial charge is 0.508 e. The summed E-state index contributed by atoms with van der Waals surface area (Å²) in [5.74, 6) is 0.253. The van der Waals surface area contributed by atoms with Crippen LogP contribution in [0.25, 0.3) is 10.9 Å². The first-order valence-electron chi connectivity index (χ1n) is 7.91. The first kappa shape index (κ1) is 15.1. The summed E-state index contributed by atoms with van der Waals surface area (Å²) in [5, 5.41) is 11.4. The van der Waals surface area contributed by atoms with Crippen molar-refractivity contribution in [1.29, 1.82) is 0 Å². The zero-order valence-electron chi connectivity index (χ0n) is 13.2. The van der Waals surface area contributed by atoms with E-state index in [2.05, 4.69) is 4.98 Å². The van der Waals surface area contributed by atoms with E-state index in [0.29, 0.717) is 11.6 Å². The third-order valence-electron chi connectivity index (χ3n) is 4.70. The van der Waals surface area contributed by atoms with E-state index >= 15 is 0 Å². The SMILES string of the molecule is CC(=O)N1CCc2c([nH]c3ccc(Cl)cc23)C1c1ccc(O)cc1. The van der Waals surface area contributed by atoms with Crippen LogP contribution in [0.15, 0.2) is 42.5 Å². The molecule has 0 bridgehead atoms. The number of fused-ring (bicyclic) bond motifs is 3. The van der Waals surface area contributed by atoms with E-state index in [1.54, 1.807) is 19.1 Å². The van der Waals surface area contributed by atoms with Crippen molar-refractivity contribution in [2.24, 2.45) is 0 Å². The molecule has 1 aliphatic heterocycles. The Labute approximate surface area is 144 Å². The Balaban J connectivity index is 1.93. The van der Waals surface area contributed by atoms with Gasteiger partial charge < -0.3 is 15.0 Å². The van der Waals surface area contributed by atoms with Crippen molar-refractivity contribution in [3.8, 4) is 5.75 Å². The van der Waals surface area contributed by atoms with Crippen molar-refractivity contribution >= 4 is 28.4 Å². The number of benzene rings is 2. The maximum absolute atomic E-state index is 12.2. The second kappa shape index (κ2) is 5.56. The monoisotopic (exact) mass is 340 g/mol. The van der Waals surface area contributed by atoms with Crippen LogP contribution in [0.4, 0.5) is 0 Å². The maximum atomic E-state index is 12.2. The number of amides is 1. The minimum atomic E-state index is -0.182. The van der Waals surface area contributed by atoms with Crippen molar-refractivity contribution < 1.29 is 9.90 Å². The second-order valence-corrected chi connectivity index (χ2v) is 6.60. The van der Waals surface area contributed by atoms with Gasteiger partial charge in [-0.15, -0.1) is 0 Å². The number of phenolic OH excluding ortho intramolecular Hbond substituents is 1. The predicted octanol–water partition coefficient (Wildman–Crippen LogP) is 4.02. The number of phenols is 1. The van der Waals surface area contributed by atoms with Gasteiger partial charge in [0.15, 0.2) is 0 Å². The minimum Gasteiger partial charge on any atom is -0.508 e. The Hall–Kier alpha value is -2.46. The quantitative estimate of drug-likeness (QED) is 0.703. The molecule has 0 radical (unpaired) electrons. The van der Waals surface area contributed by atoms with E-state index in [4.69, 9.17) is 11.6 Å². The Morgan fingerprint density at radius 3 is 2.71 bits per heavy atom. The van der Waals surface area contributed by atoms with Crippen LogP contribution in [-0.4, -0.2) is 27.4 Å². The molecule has 1 atom stereocenters. The molecule has 4 rings (SSSR count). The fourth-order valence-corrected chi connectivity index (χ4v) is 3.78. The molecule has 1 amide bonds. The highest BCUT2D eigenvalue weighted by atomic mass is 35.5. The van der Waals surface area contributed by atoms with Gasteiger partial charge in [0.2, 0.25) is 5.91 Å². The number of nitrogens with one attached hydrogen (secondary N) is 1. The molecule has 1 aliphatic rings. The van der Waals surface area contributed by atoms with Crippen molar-refractivity contribution in [2.75, 3.05) is 6.54 Å². The molecule has 1 aromatic heterocycles. The summed E-state index contributed by atoms with van der Waals surface area (Å²) < 4.78 is 0. The summed E-state index contributed by atoms with van der Waals surface area (Å²) in [6.07, 6.45) is 0.795. The summed E-state index contributed by atoms with van der Waals surface area (Å²) in [6.45, 7) is 2.26. The van der Waals surface area contributed by atoms with Crippen LogP contribution in [0.5, 0.6) is 5.75 Å². The number of halogens is 1. The lowest BCUT2D eigenvalue weighted by Gasteiger charge is -2.35. The number of aromatic hydroxyl groups is 1. The molecule has 0 saturated heterocycles. The van der Waals surface area contributed by atoms with Crippen molar-refractivity contribution in [3.63, 3.8) is 0 Å². The molecule has 2 heterocycles. The average Bonchev–Trinajstić information content (AvgIpc) is 2.92. The van der Waals surface area contributed by atoms with E-state index in [9.17, 15) is 9.90 Å². The van der Waals surface area contributed by atoms with Crippen LogP contribution < -0.4 is 0 Å². The van der Waals surface area contributed by atoms with E-state index in [1.165, 1.54) is 5.56 Å². The van der Waals surface area contributed by atoms with Gasteiger partial charge in [0.25, 0.3) is 0 Å². The molecule has 0 spiro atoms. The standard InChI is InChI=1S/C19H17ClN2O2/c1-11(23)22-9-8-15-16-10-13(20)4-7-17(16)21-18(15)19(22)12-2-5-14(24)6-3-12/h2-7,10,19,21,24H,8-9H2,1H3. The average molecular weight is 341 g/mol. The maximum Gasteiger partial charge on any atom is 0.220 e. The van der Waals surface area contributed by atoms with Crippen LogP contribution in [0, 0.1) is 0 Å². The lowest BCUT2D eigenvalue weighted by molar-refractivity contribution is -0.130. The number of hydrogen-bond acceptors (Lipinski definition) is 2. The van der Waals surface area contributed by atoms with E-state index in [1.807, 2.05) is 35.2 Å². The second-order valence-electron chi connectivity index (χ2n) is 6.16. The highest BCUT2D eigenvalue weighted by Crippen LogP contribution is 2.39.